The molecule has 0 unspecified atom stereocenters. The summed E-state index contributed by atoms with van der Waals surface area (Å²) in [5, 5.41) is 0. The number of carbonyl (C=O) groups is 2. The van der Waals surface area contributed by atoms with Crippen LogP contribution in [0.5, 0.6) is 5.75 Å². The normalized spacial score (nSPS) is 18.6. The van der Waals surface area contributed by atoms with Crippen LogP contribution in [0.3, 0.4) is 0 Å². The first-order valence-electron chi connectivity index (χ1n) is 8.02. The summed E-state index contributed by atoms with van der Waals surface area (Å²) in [5.41, 5.74) is 1.13. The van der Waals surface area contributed by atoms with Gasteiger partial charge in [-0.3, -0.25) is 9.59 Å². The smallest absolute Gasteiger partial charge is 0.229 e. The monoisotopic (exact) mass is 317 g/mol. The van der Waals surface area contributed by atoms with Gasteiger partial charge in [0.15, 0.2) is 0 Å². The minimum absolute atomic E-state index is 0.0118. The Morgan fingerprint density at radius 2 is 1.78 bits per heavy atom. The van der Waals surface area contributed by atoms with Gasteiger partial charge in [0.2, 0.25) is 11.8 Å². The summed E-state index contributed by atoms with van der Waals surface area (Å²) >= 11 is 0. The second kappa shape index (κ2) is 6.48. The van der Waals surface area contributed by atoms with E-state index in [9.17, 15) is 9.59 Å². The van der Waals surface area contributed by atoms with Crippen molar-refractivity contribution in [1.82, 2.24) is 9.80 Å². The van der Waals surface area contributed by atoms with Gasteiger partial charge in [0.05, 0.1) is 13.0 Å². The molecule has 2 amide bonds. The highest BCUT2D eigenvalue weighted by Crippen LogP contribution is 2.23. The van der Waals surface area contributed by atoms with E-state index in [-0.39, 0.29) is 17.7 Å². The lowest BCUT2D eigenvalue weighted by molar-refractivity contribution is -0.147. The van der Waals surface area contributed by atoms with Gasteiger partial charge in [-0.2, -0.15) is 0 Å². The molecular weight excluding hydrogens is 294 g/mol. The van der Waals surface area contributed by atoms with Crippen molar-refractivity contribution >= 4 is 17.5 Å². The zero-order valence-corrected chi connectivity index (χ0v) is 13.7. The second-order valence-electron chi connectivity index (χ2n) is 6.13. The molecule has 0 spiro atoms. The van der Waals surface area contributed by atoms with Crippen LogP contribution < -0.4 is 9.64 Å². The summed E-state index contributed by atoms with van der Waals surface area (Å²) in [6.45, 7) is 5.80. The number of anilines is 1. The molecule has 2 fully saturated rings. The fourth-order valence-electron chi connectivity index (χ4n) is 3.14. The molecule has 0 atom stereocenters. The maximum absolute atomic E-state index is 12.4. The van der Waals surface area contributed by atoms with Gasteiger partial charge in [-0.1, -0.05) is 6.07 Å². The van der Waals surface area contributed by atoms with Gasteiger partial charge in [-0.15, -0.1) is 0 Å². The van der Waals surface area contributed by atoms with E-state index in [2.05, 4.69) is 11.0 Å². The SMILES string of the molecule is COc1cccc(N2CCN(C(=O)C3CN(C(C)=O)C3)CC2)c1. The van der Waals surface area contributed by atoms with Crippen molar-refractivity contribution in [2.24, 2.45) is 5.92 Å². The lowest BCUT2D eigenvalue weighted by Crippen LogP contribution is -2.58. The van der Waals surface area contributed by atoms with Gasteiger partial charge >= 0.3 is 0 Å². The molecule has 6 nitrogen and oxygen atoms in total. The molecule has 0 saturated carbocycles. The Labute approximate surface area is 136 Å². The third-order valence-electron chi connectivity index (χ3n) is 4.69. The molecule has 2 heterocycles. The predicted octanol–water partition coefficient (Wildman–Crippen LogP) is 0.822. The number of amides is 2. The van der Waals surface area contributed by atoms with Gasteiger partial charge < -0.3 is 19.4 Å². The predicted molar refractivity (Wildman–Crippen MR) is 87.5 cm³/mol. The molecule has 0 aliphatic carbocycles. The van der Waals surface area contributed by atoms with E-state index in [1.165, 1.54) is 0 Å². The van der Waals surface area contributed by atoms with E-state index in [4.69, 9.17) is 4.74 Å². The van der Waals surface area contributed by atoms with Gasteiger partial charge in [0.25, 0.3) is 0 Å². The van der Waals surface area contributed by atoms with E-state index >= 15 is 0 Å². The number of methoxy groups -OCH3 is 1. The molecule has 2 saturated heterocycles. The van der Waals surface area contributed by atoms with Crippen LogP contribution in [-0.4, -0.2) is 68.0 Å². The van der Waals surface area contributed by atoms with Crippen LogP contribution in [-0.2, 0) is 9.59 Å². The summed E-state index contributed by atoms with van der Waals surface area (Å²) in [6, 6.07) is 8.00. The number of hydrogen-bond acceptors (Lipinski definition) is 4. The maximum atomic E-state index is 12.4. The summed E-state index contributed by atoms with van der Waals surface area (Å²) in [7, 11) is 1.67. The largest absolute Gasteiger partial charge is 0.497 e. The highest BCUT2D eigenvalue weighted by atomic mass is 16.5. The molecule has 0 radical (unpaired) electrons. The summed E-state index contributed by atoms with van der Waals surface area (Å²) in [6.07, 6.45) is 0. The van der Waals surface area contributed by atoms with Gasteiger partial charge in [-0.05, 0) is 12.1 Å². The summed E-state index contributed by atoms with van der Waals surface area (Å²) in [4.78, 5) is 29.6. The van der Waals surface area contributed by atoms with E-state index in [1.807, 2.05) is 23.1 Å². The first kappa shape index (κ1) is 15.6. The number of rotatable bonds is 3. The van der Waals surface area contributed by atoms with Gasteiger partial charge in [0.1, 0.15) is 5.75 Å². The van der Waals surface area contributed by atoms with Crippen LogP contribution in [0, 0.1) is 5.92 Å². The van der Waals surface area contributed by atoms with E-state index in [1.54, 1.807) is 18.9 Å². The molecule has 0 bridgehead atoms. The Balaban J connectivity index is 1.52. The third kappa shape index (κ3) is 3.25. The van der Waals surface area contributed by atoms with Crippen LogP contribution in [0.15, 0.2) is 24.3 Å². The van der Waals surface area contributed by atoms with Crippen LogP contribution in [0.1, 0.15) is 6.92 Å². The van der Waals surface area contributed by atoms with Crippen LogP contribution in [0.4, 0.5) is 5.69 Å². The molecule has 0 N–H and O–H groups in total. The summed E-state index contributed by atoms with van der Waals surface area (Å²) < 4.78 is 5.26. The Morgan fingerprint density at radius 1 is 1.09 bits per heavy atom. The lowest BCUT2D eigenvalue weighted by Gasteiger charge is -2.42. The first-order valence-corrected chi connectivity index (χ1v) is 8.02. The Hall–Kier alpha value is -2.24. The van der Waals surface area contributed by atoms with Crippen molar-refractivity contribution in [2.75, 3.05) is 51.3 Å². The third-order valence-corrected chi connectivity index (χ3v) is 4.69. The molecule has 124 valence electrons. The number of ether oxygens (including phenoxy) is 1. The fraction of sp³-hybridized carbons (Fsp3) is 0.529. The molecule has 3 rings (SSSR count). The maximum Gasteiger partial charge on any atom is 0.229 e. The highest BCUT2D eigenvalue weighted by molar-refractivity contribution is 5.84. The van der Waals surface area contributed by atoms with Crippen LogP contribution in [0.25, 0.3) is 0 Å². The molecule has 1 aromatic carbocycles. The van der Waals surface area contributed by atoms with Crippen molar-refractivity contribution < 1.29 is 14.3 Å². The zero-order chi connectivity index (χ0) is 16.4. The number of benzene rings is 1. The number of likely N-dealkylation sites (tertiary alicyclic amines) is 1. The fourth-order valence-corrected chi connectivity index (χ4v) is 3.14. The van der Waals surface area contributed by atoms with Gasteiger partial charge in [-0.25, -0.2) is 0 Å². The minimum Gasteiger partial charge on any atom is -0.497 e. The first-order chi connectivity index (χ1) is 11.1. The lowest BCUT2D eigenvalue weighted by atomic mass is 9.98. The average molecular weight is 317 g/mol. The standard InChI is InChI=1S/C17H23N3O3/c1-13(21)20-11-14(12-20)17(22)19-8-6-18(7-9-19)15-4-3-5-16(10-15)23-2/h3-5,10,14H,6-9,11-12H2,1-2H3. The van der Waals surface area contributed by atoms with E-state index in [0.717, 1.165) is 37.6 Å². The van der Waals surface area contributed by atoms with Crippen molar-refractivity contribution in [3.05, 3.63) is 24.3 Å². The minimum atomic E-state index is -0.0118. The van der Waals surface area contributed by atoms with Crippen molar-refractivity contribution in [2.45, 2.75) is 6.92 Å². The van der Waals surface area contributed by atoms with Crippen LogP contribution in [0.2, 0.25) is 0 Å². The van der Waals surface area contributed by atoms with Crippen molar-refractivity contribution in [3.63, 3.8) is 0 Å². The topological polar surface area (TPSA) is 53.1 Å². The number of piperazine rings is 1. The molecule has 6 heteroatoms. The average Bonchev–Trinajstić information content (AvgIpc) is 2.53. The molecule has 23 heavy (non-hydrogen) atoms. The molecule has 1 aromatic rings. The zero-order valence-electron chi connectivity index (χ0n) is 13.7. The van der Waals surface area contributed by atoms with Crippen LogP contribution >= 0.6 is 0 Å². The van der Waals surface area contributed by atoms with Gasteiger partial charge in [0, 0.05) is 57.9 Å². The molecular formula is C17H23N3O3. The second-order valence-corrected chi connectivity index (χ2v) is 6.13. The Kier molecular flexibility index (Phi) is 4.41. The number of nitrogens with zero attached hydrogens (tertiary/aromatic N) is 3. The summed E-state index contributed by atoms with van der Waals surface area (Å²) in [5.74, 6) is 1.08. The highest BCUT2D eigenvalue weighted by Gasteiger charge is 2.37. The Morgan fingerprint density at radius 3 is 2.39 bits per heavy atom. The Bertz CT molecular complexity index is 591. The van der Waals surface area contributed by atoms with Crippen molar-refractivity contribution in [1.29, 1.82) is 0 Å². The molecule has 0 aromatic heterocycles. The van der Waals surface area contributed by atoms with E-state index in [0.29, 0.717) is 13.1 Å². The van der Waals surface area contributed by atoms with E-state index < -0.39 is 0 Å². The van der Waals surface area contributed by atoms with Crippen molar-refractivity contribution in [3.8, 4) is 5.75 Å². The number of carbonyl (C=O) groups excluding carboxylic acids is 2. The molecule has 2 aliphatic heterocycles. The molecule has 2 aliphatic rings. The quantitative estimate of drug-likeness (QED) is 0.828. The number of hydrogen-bond donors (Lipinski definition) is 0.